The Morgan fingerprint density at radius 1 is 1.33 bits per heavy atom. The quantitative estimate of drug-likeness (QED) is 0.789. The largest absolute Gasteiger partial charge is 0.361 e. The lowest BCUT2D eigenvalue weighted by atomic mass is 10.0. The Bertz CT molecular complexity index is 780. The first-order valence-corrected chi connectivity index (χ1v) is 8.59. The van der Waals surface area contributed by atoms with E-state index in [1.165, 1.54) is 24.4 Å². The summed E-state index contributed by atoms with van der Waals surface area (Å²) in [7, 11) is -3.36. The maximum Gasteiger partial charge on any atom is 0.199 e. The van der Waals surface area contributed by atoms with Crippen molar-refractivity contribution in [3.63, 3.8) is 0 Å². The number of nitrogens with zero attached hydrogens (tertiary/aromatic N) is 1. The lowest BCUT2D eigenvalue weighted by molar-refractivity contribution is 0.103. The zero-order valence-corrected chi connectivity index (χ0v) is 13.2. The average Bonchev–Trinajstić information content (AvgIpc) is 2.85. The number of ketones is 1. The van der Waals surface area contributed by atoms with Crippen LogP contribution >= 0.6 is 11.6 Å². The summed E-state index contributed by atoms with van der Waals surface area (Å²) >= 11 is 6.04. The number of aromatic nitrogens is 1. The Balaban J connectivity index is 2.42. The van der Waals surface area contributed by atoms with Crippen LogP contribution < -0.4 is 0 Å². The fourth-order valence-corrected chi connectivity index (χ4v) is 2.89. The molecule has 0 saturated heterocycles. The van der Waals surface area contributed by atoms with E-state index in [1.807, 2.05) is 6.92 Å². The fourth-order valence-electron chi connectivity index (χ4n) is 1.91. The molecule has 2 rings (SSSR count). The number of aryl methyl sites for hydroxylation is 1. The van der Waals surface area contributed by atoms with Crippen LogP contribution in [0.5, 0.6) is 0 Å². The molecule has 0 saturated carbocycles. The van der Waals surface area contributed by atoms with E-state index < -0.39 is 9.84 Å². The van der Waals surface area contributed by atoms with Crippen LogP contribution in [0.1, 0.15) is 35.0 Å². The Hall–Kier alpha value is -1.66. The minimum absolute atomic E-state index is 0.0724. The molecule has 0 radical (unpaired) electrons. The smallest absolute Gasteiger partial charge is 0.199 e. The second-order valence-electron chi connectivity index (χ2n) is 4.66. The van der Waals surface area contributed by atoms with E-state index in [-0.39, 0.29) is 21.3 Å². The van der Waals surface area contributed by atoms with Crippen molar-refractivity contribution in [2.24, 2.45) is 0 Å². The van der Waals surface area contributed by atoms with Crippen LogP contribution in [-0.4, -0.2) is 25.6 Å². The van der Waals surface area contributed by atoms with Crippen molar-refractivity contribution in [3.8, 4) is 0 Å². The highest BCUT2D eigenvalue weighted by Gasteiger charge is 2.21. The molecular weight excluding hydrogens is 314 g/mol. The van der Waals surface area contributed by atoms with E-state index in [2.05, 4.69) is 5.16 Å². The number of rotatable bonds is 5. The molecule has 21 heavy (non-hydrogen) atoms. The SMILES string of the molecule is CCCc1oncc1C(=O)c1ccc(S(C)(=O)=O)cc1Cl. The monoisotopic (exact) mass is 327 g/mol. The summed E-state index contributed by atoms with van der Waals surface area (Å²) in [5.41, 5.74) is 0.579. The Morgan fingerprint density at radius 2 is 2.05 bits per heavy atom. The predicted octanol–water partition coefficient (Wildman–Crippen LogP) is 2.92. The summed E-state index contributed by atoms with van der Waals surface area (Å²) < 4.78 is 28.0. The molecule has 0 bridgehead atoms. The molecule has 0 aliphatic heterocycles. The second-order valence-corrected chi connectivity index (χ2v) is 7.08. The van der Waals surface area contributed by atoms with E-state index in [0.717, 1.165) is 12.7 Å². The molecule has 0 atom stereocenters. The first-order chi connectivity index (χ1) is 9.84. The topological polar surface area (TPSA) is 77.2 Å². The number of carbonyl (C=O) groups excluding carboxylic acids is 1. The molecule has 2 aromatic rings. The lowest BCUT2D eigenvalue weighted by Crippen LogP contribution is -2.05. The molecule has 0 amide bonds. The average molecular weight is 328 g/mol. The highest BCUT2D eigenvalue weighted by molar-refractivity contribution is 7.90. The van der Waals surface area contributed by atoms with E-state index in [1.54, 1.807) is 0 Å². The molecule has 0 N–H and O–H groups in total. The number of carbonyl (C=O) groups is 1. The van der Waals surface area contributed by atoms with Gasteiger partial charge >= 0.3 is 0 Å². The van der Waals surface area contributed by atoms with Gasteiger partial charge in [0.05, 0.1) is 21.7 Å². The summed E-state index contributed by atoms with van der Waals surface area (Å²) in [6.45, 7) is 1.96. The predicted molar refractivity (Wildman–Crippen MR) is 78.5 cm³/mol. The molecule has 112 valence electrons. The maximum absolute atomic E-state index is 12.5. The van der Waals surface area contributed by atoms with Crippen LogP contribution in [0.2, 0.25) is 5.02 Å². The van der Waals surface area contributed by atoms with Gasteiger partial charge in [-0.2, -0.15) is 0 Å². The fraction of sp³-hybridized carbons (Fsp3) is 0.286. The first kappa shape index (κ1) is 15.7. The Kier molecular flexibility index (Phi) is 4.49. The molecule has 0 aliphatic rings. The number of halogens is 1. The standard InChI is InChI=1S/C14H14ClNO4S/c1-3-4-13-11(8-16-20-13)14(17)10-6-5-9(7-12(10)15)21(2,18)19/h5-8H,3-4H2,1-2H3. The van der Waals surface area contributed by atoms with Gasteiger partial charge in [-0.15, -0.1) is 0 Å². The van der Waals surface area contributed by atoms with Crippen LogP contribution in [0, 0.1) is 0 Å². The molecule has 1 heterocycles. The molecule has 0 unspecified atom stereocenters. The van der Waals surface area contributed by atoms with E-state index in [9.17, 15) is 13.2 Å². The summed E-state index contributed by atoms with van der Waals surface area (Å²) in [6.07, 6.45) is 3.85. The van der Waals surface area contributed by atoms with E-state index in [4.69, 9.17) is 16.1 Å². The van der Waals surface area contributed by atoms with Crippen LogP contribution in [0.4, 0.5) is 0 Å². The van der Waals surface area contributed by atoms with Gasteiger partial charge < -0.3 is 4.52 Å². The highest BCUT2D eigenvalue weighted by Crippen LogP contribution is 2.25. The van der Waals surface area contributed by atoms with Gasteiger partial charge in [0.2, 0.25) is 0 Å². The van der Waals surface area contributed by atoms with E-state index >= 15 is 0 Å². The van der Waals surface area contributed by atoms with Gasteiger partial charge in [-0.05, 0) is 24.6 Å². The van der Waals surface area contributed by atoms with Gasteiger partial charge in [0.25, 0.3) is 0 Å². The van der Waals surface area contributed by atoms with E-state index in [0.29, 0.717) is 17.7 Å². The third-order valence-corrected chi connectivity index (χ3v) is 4.40. The first-order valence-electron chi connectivity index (χ1n) is 6.32. The van der Waals surface area contributed by atoms with Crippen molar-refractivity contribution in [1.29, 1.82) is 0 Å². The molecule has 5 nitrogen and oxygen atoms in total. The van der Waals surface area contributed by atoms with Crippen LogP contribution in [0.15, 0.2) is 33.8 Å². The van der Waals surface area contributed by atoms with Crippen molar-refractivity contribution >= 4 is 27.2 Å². The Morgan fingerprint density at radius 3 is 2.62 bits per heavy atom. The minimum Gasteiger partial charge on any atom is -0.361 e. The van der Waals surface area contributed by atoms with Crippen molar-refractivity contribution in [1.82, 2.24) is 5.16 Å². The molecule has 0 fully saturated rings. The molecule has 1 aromatic carbocycles. The van der Waals surface area contributed by atoms with Crippen molar-refractivity contribution in [2.45, 2.75) is 24.7 Å². The minimum atomic E-state index is -3.36. The summed E-state index contributed by atoms with van der Waals surface area (Å²) in [6, 6.07) is 4.04. The highest BCUT2D eigenvalue weighted by atomic mass is 35.5. The molecule has 7 heteroatoms. The summed E-state index contributed by atoms with van der Waals surface area (Å²) in [5.74, 6) is 0.176. The molecule has 0 spiro atoms. The number of benzene rings is 1. The number of hydrogen-bond acceptors (Lipinski definition) is 5. The number of hydrogen-bond donors (Lipinski definition) is 0. The number of sulfone groups is 1. The second kappa shape index (κ2) is 5.99. The third kappa shape index (κ3) is 3.33. The van der Waals surface area contributed by atoms with Gasteiger partial charge in [-0.25, -0.2) is 8.42 Å². The van der Waals surface area contributed by atoms with Crippen LogP contribution in [-0.2, 0) is 16.3 Å². The van der Waals surface area contributed by atoms with Gasteiger partial charge in [-0.1, -0.05) is 23.7 Å². The van der Waals surface area contributed by atoms with Crippen LogP contribution in [0.3, 0.4) is 0 Å². The normalized spacial score (nSPS) is 11.6. The van der Waals surface area contributed by atoms with Gasteiger partial charge in [0.1, 0.15) is 5.76 Å². The zero-order chi connectivity index (χ0) is 15.6. The molecule has 0 aliphatic carbocycles. The summed E-state index contributed by atoms with van der Waals surface area (Å²) in [4.78, 5) is 12.5. The van der Waals surface area contributed by atoms with Crippen molar-refractivity contribution < 1.29 is 17.7 Å². The Labute approximate surface area is 127 Å². The van der Waals surface area contributed by atoms with Gasteiger partial charge in [0.15, 0.2) is 15.6 Å². The molecular formula is C14H14ClNO4S. The van der Waals surface area contributed by atoms with Gasteiger partial charge in [-0.3, -0.25) is 4.79 Å². The summed E-state index contributed by atoms with van der Waals surface area (Å²) in [5, 5.41) is 3.73. The van der Waals surface area contributed by atoms with Crippen molar-refractivity contribution in [3.05, 3.63) is 46.3 Å². The maximum atomic E-state index is 12.5. The lowest BCUT2D eigenvalue weighted by Gasteiger charge is -2.05. The zero-order valence-electron chi connectivity index (χ0n) is 11.6. The third-order valence-electron chi connectivity index (χ3n) is 2.98. The van der Waals surface area contributed by atoms with Gasteiger partial charge in [0, 0.05) is 18.2 Å². The van der Waals surface area contributed by atoms with Crippen molar-refractivity contribution in [2.75, 3.05) is 6.26 Å². The van der Waals surface area contributed by atoms with Crippen LogP contribution in [0.25, 0.3) is 0 Å². The molecule has 1 aromatic heterocycles.